The lowest BCUT2D eigenvalue weighted by Crippen LogP contribution is -2.32. The Morgan fingerprint density at radius 2 is 1.85 bits per heavy atom. The number of likely N-dealkylation sites (tertiary alicyclic amines) is 1. The highest BCUT2D eigenvalue weighted by Gasteiger charge is 2.37. The van der Waals surface area contributed by atoms with Crippen molar-refractivity contribution >= 4 is 39.1 Å². The third-order valence-electron chi connectivity index (χ3n) is 7.66. The predicted molar refractivity (Wildman–Crippen MR) is 160 cm³/mol. The average molecular weight is 577 g/mol. The second kappa shape index (κ2) is 11.2. The predicted octanol–water partition coefficient (Wildman–Crippen LogP) is 6.44. The number of aryl methyl sites for hydroxylation is 1. The molecule has 1 fully saturated rings. The summed E-state index contributed by atoms with van der Waals surface area (Å²) in [4.78, 5) is 21.6. The number of aromatic nitrogens is 1. The molecule has 1 saturated heterocycles. The van der Waals surface area contributed by atoms with Crippen molar-refractivity contribution in [3.63, 3.8) is 0 Å². The minimum absolute atomic E-state index is 0.0546. The highest BCUT2D eigenvalue weighted by Crippen LogP contribution is 2.51. The Morgan fingerprint density at radius 1 is 1.07 bits per heavy atom. The maximum absolute atomic E-state index is 15.3. The van der Waals surface area contributed by atoms with Crippen molar-refractivity contribution in [2.75, 3.05) is 35.6 Å². The molecule has 4 aromatic rings. The molecular formula is C31H33FN4O4S. The molecule has 3 N–H and O–H groups in total. The number of ether oxygens (including phenoxy) is 1. The number of fused-ring (bicyclic) bond motifs is 2. The van der Waals surface area contributed by atoms with Gasteiger partial charge >= 0.3 is 6.09 Å². The molecule has 0 saturated carbocycles. The Balaban J connectivity index is 1.25. The van der Waals surface area contributed by atoms with Crippen LogP contribution < -0.4 is 10.2 Å². The normalized spacial score (nSPS) is 20.8. The molecule has 0 radical (unpaired) electrons. The quantitative estimate of drug-likeness (QED) is 0.251. The Kier molecular flexibility index (Phi) is 7.46. The van der Waals surface area contributed by atoms with Crippen LogP contribution >= 0.6 is 10.6 Å². The third-order valence-corrected chi connectivity index (χ3v) is 9.51. The molecule has 2 aliphatic rings. The van der Waals surface area contributed by atoms with E-state index in [1.165, 1.54) is 4.90 Å². The number of carbonyl (C=O) groups is 1. The van der Waals surface area contributed by atoms with Crippen LogP contribution in [-0.4, -0.2) is 62.7 Å². The van der Waals surface area contributed by atoms with E-state index >= 15 is 4.39 Å². The van der Waals surface area contributed by atoms with Crippen molar-refractivity contribution in [2.24, 2.45) is 0 Å². The molecule has 10 heteroatoms. The molecule has 0 aliphatic carbocycles. The molecule has 1 amide bonds. The van der Waals surface area contributed by atoms with Gasteiger partial charge in [0.25, 0.3) is 0 Å². The molecule has 2 aliphatic heterocycles. The number of carbonyl (C=O) groups excluding carboxylic acids is 1. The smallest absolute Gasteiger partial charge is 0.410 e. The Labute approximate surface area is 240 Å². The van der Waals surface area contributed by atoms with Gasteiger partial charge in [0.1, 0.15) is 18.6 Å². The zero-order chi connectivity index (χ0) is 28.6. The summed E-state index contributed by atoms with van der Waals surface area (Å²) in [6.45, 7) is 3.10. The number of rotatable bonds is 5. The summed E-state index contributed by atoms with van der Waals surface area (Å²) in [6, 6.07) is 24.0. The van der Waals surface area contributed by atoms with Crippen molar-refractivity contribution in [3.8, 4) is 0 Å². The summed E-state index contributed by atoms with van der Waals surface area (Å²) in [5, 5.41) is 4.22. The average Bonchev–Trinajstić information content (AvgIpc) is 3.27. The number of alkyl halides is 1. The van der Waals surface area contributed by atoms with Crippen molar-refractivity contribution < 1.29 is 23.0 Å². The molecular weight excluding hydrogens is 543 g/mol. The molecule has 1 aromatic heterocycles. The van der Waals surface area contributed by atoms with Gasteiger partial charge in [-0.25, -0.2) is 14.2 Å². The zero-order valence-corrected chi connectivity index (χ0v) is 23.6. The number of hydrogen-bond acceptors (Lipinski definition) is 7. The third kappa shape index (κ3) is 5.81. The second-order valence-corrected chi connectivity index (χ2v) is 12.8. The maximum Gasteiger partial charge on any atom is 0.410 e. The number of benzene rings is 3. The van der Waals surface area contributed by atoms with Crippen LogP contribution in [-0.2, 0) is 17.9 Å². The highest BCUT2D eigenvalue weighted by molar-refractivity contribution is 8.24. The van der Waals surface area contributed by atoms with Gasteiger partial charge in [-0.2, -0.15) is 10.6 Å². The SMILES string of the molecule is Cc1ccc2nc(N3CCS(O)(O)c4ccccc4C3)cc(NC3CN(C(=O)OCc4ccccc4)CC3F)c2c1. The molecule has 2 atom stereocenters. The Bertz CT molecular complexity index is 1570. The molecule has 3 aromatic carbocycles. The van der Waals surface area contributed by atoms with Crippen LogP contribution in [0.15, 0.2) is 83.8 Å². The molecule has 2 unspecified atom stereocenters. The summed E-state index contributed by atoms with van der Waals surface area (Å²) in [7, 11) is -2.92. The van der Waals surface area contributed by atoms with Gasteiger partial charge in [-0.1, -0.05) is 60.2 Å². The number of anilines is 2. The number of amides is 1. The van der Waals surface area contributed by atoms with Crippen LogP contribution in [0.5, 0.6) is 0 Å². The van der Waals surface area contributed by atoms with Crippen LogP contribution in [0.1, 0.15) is 16.7 Å². The summed E-state index contributed by atoms with van der Waals surface area (Å²) in [5.41, 5.74) is 4.21. The van der Waals surface area contributed by atoms with E-state index in [1.54, 1.807) is 6.07 Å². The first kappa shape index (κ1) is 27.3. The topological polar surface area (TPSA) is 98.2 Å². The van der Waals surface area contributed by atoms with E-state index < -0.39 is 28.9 Å². The largest absolute Gasteiger partial charge is 0.445 e. The fraction of sp³-hybridized carbons (Fsp3) is 0.290. The molecule has 41 heavy (non-hydrogen) atoms. The van der Waals surface area contributed by atoms with Gasteiger partial charge in [0.15, 0.2) is 0 Å². The first-order valence-electron chi connectivity index (χ1n) is 13.6. The van der Waals surface area contributed by atoms with E-state index in [9.17, 15) is 13.9 Å². The summed E-state index contributed by atoms with van der Waals surface area (Å²) >= 11 is 0. The second-order valence-electron chi connectivity index (χ2n) is 10.7. The minimum Gasteiger partial charge on any atom is -0.445 e. The van der Waals surface area contributed by atoms with E-state index in [-0.39, 0.29) is 25.4 Å². The van der Waals surface area contributed by atoms with Crippen molar-refractivity contribution in [3.05, 3.63) is 95.6 Å². The van der Waals surface area contributed by atoms with Crippen molar-refractivity contribution in [2.45, 2.75) is 37.2 Å². The van der Waals surface area contributed by atoms with E-state index in [0.29, 0.717) is 29.5 Å². The van der Waals surface area contributed by atoms with Crippen LogP contribution in [0.3, 0.4) is 0 Å². The zero-order valence-electron chi connectivity index (χ0n) is 22.7. The number of nitrogens with one attached hydrogen (secondary N) is 1. The number of hydrogen-bond donors (Lipinski definition) is 3. The lowest BCUT2D eigenvalue weighted by molar-refractivity contribution is 0.102. The van der Waals surface area contributed by atoms with Gasteiger partial charge in [0, 0.05) is 36.8 Å². The molecule has 3 heterocycles. The fourth-order valence-corrected chi connectivity index (χ4v) is 6.99. The highest BCUT2D eigenvalue weighted by atomic mass is 32.3. The first-order valence-corrected chi connectivity index (χ1v) is 15.3. The molecule has 0 bridgehead atoms. The van der Waals surface area contributed by atoms with E-state index in [0.717, 1.165) is 27.6 Å². The van der Waals surface area contributed by atoms with Gasteiger partial charge in [-0.3, -0.25) is 9.11 Å². The molecule has 0 spiro atoms. The van der Waals surface area contributed by atoms with Gasteiger partial charge in [0.2, 0.25) is 0 Å². The van der Waals surface area contributed by atoms with Crippen molar-refractivity contribution in [1.29, 1.82) is 0 Å². The molecule has 6 rings (SSSR count). The van der Waals surface area contributed by atoms with Gasteiger partial charge in [0.05, 0.1) is 28.8 Å². The van der Waals surface area contributed by atoms with Crippen LogP contribution in [0.4, 0.5) is 20.7 Å². The number of halogens is 1. The number of pyridine rings is 1. The summed E-state index contributed by atoms with van der Waals surface area (Å²) in [6.07, 6.45) is -1.83. The van der Waals surface area contributed by atoms with E-state index in [4.69, 9.17) is 9.72 Å². The lowest BCUT2D eigenvalue weighted by Gasteiger charge is -2.32. The lowest BCUT2D eigenvalue weighted by atomic mass is 10.1. The molecule has 8 nitrogen and oxygen atoms in total. The maximum atomic E-state index is 15.3. The molecule has 214 valence electrons. The van der Waals surface area contributed by atoms with Crippen molar-refractivity contribution in [1.82, 2.24) is 9.88 Å². The number of nitrogens with zero attached hydrogens (tertiary/aromatic N) is 3. The van der Waals surface area contributed by atoms with Gasteiger partial charge in [-0.05, 0) is 36.2 Å². The Hall–Kier alpha value is -3.86. The Morgan fingerprint density at radius 3 is 2.68 bits per heavy atom. The monoisotopic (exact) mass is 576 g/mol. The van der Waals surface area contributed by atoms with Crippen LogP contribution in [0.25, 0.3) is 10.9 Å². The van der Waals surface area contributed by atoms with Crippen LogP contribution in [0.2, 0.25) is 0 Å². The fourth-order valence-electron chi connectivity index (χ4n) is 5.45. The van der Waals surface area contributed by atoms with Gasteiger partial charge < -0.3 is 19.9 Å². The van der Waals surface area contributed by atoms with Crippen LogP contribution in [0, 0.1) is 6.92 Å². The van der Waals surface area contributed by atoms with Gasteiger partial charge in [-0.15, -0.1) is 0 Å². The summed E-state index contributed by atoms with van der Waals surface area (Å²) in [5.74, 6) is 0.846. The first-order chi connectivity index (χ1) is 19.8. The van der Waals surface area contributed by atoms with E-state index in [2.05, 4.69) is 5.32 Å². The standard InChI is InChI=1S/C31H33FN4O4S/c1-21-11-12-26-24(15-21)27(16-30(34-26)35-13-14-41(38,39)29-10-6-5-9-23(29)17-35)33-28-19-36(18-25(28)32)31(37)40-20-22-7-3-2-4-8-22/h2-12,15-16,25,28,38-39H,13-14,17-20H2,1H3,(H,33,34). The summed E-state index contributed by atoms with van der Waals surface area (Å²) < 4.78 is 42.4. The van der Waals surface area contributed by atoms with E-state index in [1.807, 2.05) is 84.6 Å². The minimum atomic E-state index is -2.92.